The molecule has 0 aliphatic carbocycles. The highest BCUT2D eigenvalue weighted by atomic mass is 16.6. The van der Waals surface area contributed by atoms with Crippen molar-refractivity contribution < 1.29 is 4.92 Å². The molecule has 0 aliphatic heterocycles. The van der Waals surface area contributed by atoms with E-state index in [1.807, 2.05) is 32.0 Å². The smallest absolute Gasteiger partial charge is 0.311 e. The molecule has 0 radical (unpaired) electrons. The van der Waals surface area contributed by atoms with Gasteiger partial charge >= 0.3 is 5.69 Å². The molecule has 0 amide bonds. The highest BCUT2D eigenvalue weighted by molar-refractivity contribution is 5.67. The number of pyridine rings is 1. The fourth-order valence-corrected chi connectivity index (χ4v) is 1.83. The van der Waals surface area contributed by atoms with E-state index in [1.54, 1.807) is 6.07 Å². The second kappa shape index (κ2) is 4.93. The molecule has 2 aromatic rings. The lowest BCUT2D eigenvalue weighted by atomic mass is 10.1. The second-order valence-electron chi connectivity index (χ2n) is 4.25. The number of nitrogens with zero attached hydrogens (tertiary/aromatic N) is 2. The number of aryl methyl sites for hydroxylation is 2. The van der Waals surface area contributed by atoms with Gasteiger partial charge in [0.25, 0.3) is 0 Å². The summed E-state index contributed by atoms with van der Waals surface area (Å²) in [5, 5.41) is 13.8. The summed E-state index contributed by atoms with van der Waals surface area (Å²) in [5.74, 6) is 0.390. The first-order valence-electron chi connectivity index (χ1n) is 5.73. The SMILES string of the molecule is Cc1cccc(C)c1Nc1ccc([N+](=O)[O-])c(N)n1. The lowest BCUT2D eigenvalue weighted by Gasteiger charge is -2.12. The van der Waals surface area contributed by atoms with Gasteiger partial charge in [-0.05, 0) is 31.0 Å². The molecule has 1 heterocycles. The number of hydrogen-bond donors (Lipinski definition) is 2. The van der Waals surface area contributed by atoms with Crippen LogP contribution in [0.2, 0.25) is 0 Å². The molecule has 0 unspecified atom stereocenters. The average molecular weight is 258 g/mol. The normalized spacial score (nSPS) is 10.2. The summed E-state index contributed by atoms with van der Waals surface area (Å²) >= 11 is 0. The Bertz CT molecular complexity index is 620. The second-order valence-corrected chi connectivity index (χ2v) is 4.25. The molecular weight excluding hydrogens is 244 g/mol. The molecule has 0 saturated carbocycles. The summed E-state index contributed by atoms with van der Waals surface area (Å²) < 4.78 is 0. The maximum Gasteiger partial charge on any atom is 0.311 e. The van der Waals surface area contributed by atoms with Gasteiger partial charge in [0.2, 0.25) is 5.82 Å². The zero-order chi connectivity index (χ0) is 14.0. The molecule has 1 aromatic heterocycles. The molecule has 3 N–H and O–H groups in total. The maximum atomic E-state index is 10.7. The fraction of sp³-hybridized carbons (Fsp3) is 0.154. The zero-order valence-electron chi connectivity index (χ0n) is 10.7. The van der Waals surface area contributed by atoms with Crippen molar-refractivity contribution in [1.82, 2.24) is 4.98 Å². The molecule has 0 saturated heterocycles. The zero-order valence-corrected chi connectivity index (χ0v) is 10.7. The average Bonchev–Trinajstić information content (AvgIpc) is 2.33. The van der Waals surface area contributed by atoms with E-state index >= 15 is 0 Å². The summed E-state index contributed by atoms with van der Waals surface area (Å²) in [4.78, 5) is 14.1. The molecule has 19 heavy (non-hydrogen) atoms. The van der Waals surface area contributed by atoms with E-state index in [1.165, 1.54) is 6.07 Å². The number of nitro groups is 1. The molecule has 1 aromatic carbocycles. The van der Waals surface area contributed by atoms with E-state index in [-0.39, 0.29) is 11.5 Å². The molecule has 98 valence electrons. The molecule has 6 nitrogen and oxygen atoms in total. The van der Waals surface area contributed by atoms with Gasteiger partial charge in [-0.3, -0.25) is 10.1 Å². The Labute approximate surface area is 110 Å². The summed E-state index contributed by atoms with van der Waals surface area (Å²) in [6, 6.07) is 8.81. The van der Waals surface area contributed by atoms with Gasteiger partial charge in [-0.1, -0.05) is 18.2 Å². The first-order valence-corrected chi connectivity index (χ1v) is 5.73. The summed E-state index contributed by atoms with van der Waals surface area (Å²) in [6.07, 6.45) is 0. The number of nitrogens with one attached hydrogen (secondary N) is 1. The predicted octanol–water partition coefficient (Wildman–Crippen LogP) is 2.93. The summed E-state index contributed by atoms with van der Waals surface area (Å²) in [6.45, 7) is 3.95. The molecule has 0 aliphatic rings. The first-order chi connectivity index (χ1) is 8.99. The third-order valence-corrected chi connectivity index (χ3v) is 2.83. The predicted molar refractivity (Wildman–Crippen MR) is 74.5 cm³/mol. The van der Waals surface area contributed by atoms with Gasteiger partial charge in [0, 0.05) is 11.8 Å². The van der Waals surface area contributed by atoms with Gasteiger partial charge < -0.3 is 11.1 Å². The van der Waals surface area contributed by atoms with Gasteiger partial charge in [-0.25, -0.2) is 4.98 Å². The summed E-state index contributed by atoms with van der Waals surface area (Å²) in [5.41, 5.74) is 8.44. The third kappa shape index (κ3) is 2.62. The van der Waals surface area contributed by atoms with Crippen molar-refractivity contribution in [3.63, 3.8) is 0 Å². The quantitative estimate of drug-likeness (QED) is 0.652. The van der Waals surface area contributed by atoms with E-state index in [9.17, 15) is 10.1 Å². The topological polar surface area (TPSA) is 94.1 Å². The van der Waals surface area contributed by atoms with Gasteiger partial charge in [-0.15, -0.1) is 0 Å². The third-order valence-electron chi connectivity index (χ3n) is 2.83. The van der Waals surface area contributed by atoms with Gasteiger partial charge in [0.15, 0.2) is 0 Å². The number of rotatable bonds is 3. The number of benzene rings is 1. The molecule has 0 spiro atoms. The minimum absolute atomic E-state index is 0.0961. The van der Waals surface area contributed by atoms with Crippen molar-refractivity contribution in [1.29, 1.82) is 0 Å². The highest BCUT2D eigenvalue weighted by Crippen LogP contribution is 2.26. The van der Waals surface area contributed by atoms with E-state index in [0.717, 1.165) is 16.8 Å². The van der Waals surface area contributed by atoms with Crippen LogP contribution in [0.25, 0.3) is 0 Å². The largest absolute Gasteiger partial charge is 0.378 e. The van der Waals surface area contributed by atoms with Gasteiger partial charge in [-0.2, -0.15) is 0 Å². The Morgan fingerprint density at radius 3 is 2.37 bits per heavy atom. The standard InChI is InChI=1S/C13H14N4O2/c1-8-4-3-5-9(2)12(8)15-11-7-6-10(17(18)19)13(14)16-11/h3-7H,1-2H3,(H3,14,15,16). The number of hydrogen-bond acceptors (Lipinski definition) is 5. The minimum atomic E-state index is -0.550. The summed E-state index contributed by atoms with van der Waals surface area (Å²) in [7, 11) is 0. The van der Waals surface area contributed by atoms with Crippen molar-refractivity contribution in [2.24, 2.45) is 0 Å². The van der Waals surface area contributed by atoms with E-state index < -0.39 is 4.92 Å². The number of para-hydroxylation sites is 1. The molecule has 6 heteroatoms. The fourth-order valence-electron chi connectivity index (χ4n) is 1.83. The van der Waals surface area contributed by atoms with Crippen LogP contribution in [0.4, 0.5) is 23.0 Å². The molecular formula is C13H14N4O2. The van der Waals surface area contributed by atoms with Gasteiger partial charge in [0.05, 0.1) is 4.92 Å². The highest BCUT2D eigenvalue weighted by Gasteiger charge is 2.13. The maximum absolute atomic E-state index is 10.7. The van der Waals surface area contributed by atoms with Crippen molar-refractivity contribution >= 4 is 23.0 Å². The van der Waals surface area contributed by atoms with Crippen molar-refractivity contribution in [2.45, 2.75) is 13.8 Å². The number of nitrogen functional groups attached to an aromatic ring is 1. The van der Waals surface area contributed by atoms with E-state index in [0.29, 0.717) is 5.82 Å². The lowest BCUT2D eigenvalue weighted by Crippen LogP contribution is -2.03. The van der Waals surface area contributed by atoms with E-state index in [4.69, 9.17) is 5.73 Å². The van der Waals surface area contributed by atoms with Crippen LogP contribution in [-0.2, 0) is 0 Å². The monoisotopic (exact) mass is 258 g/mol. The Morgan fingerprint density at radius 1 is 1.21 bits per heavy atom. The minimum Gasteiger partial charge on any atom is -0.378 e. The number of nitrogens with two attached hydrogens (primary N) is 1. The Balaban J connectivity index is 2.34. The number of anilines is 3. The van der Waals surface area contributed by atoms with Crippen molar-refractivity contribution in [3.05, 3.63) is 51.6 Å². The number of aromatic nitrogens is 1. The Hall–Kier alpha value is -2.63. The lowest BCUT2D eigenvalue weighted by molar-refractivity contribution is -0.384. The van der Waals surface area contributed by atoms with Gasteiger partial charge in [0.1, 0.15) is 5.82 Å². The molecule has 0 fully saturated rings. The van der Waals surface area contributed by atoms with Crippen LogP contribution in [0.15, 0.2) is 30.3 Å². The molecule has 0 atom stereocenters. The Kier molecular flexibility index (Phi) is 3.33. The van der Waals surface area contributed by atoms with Crippen LogP contribution in [0.1, 0.15) is 11.1 Å². The first kappa shape index (κ1) is 12.8. The van der Waals surface area contributed by atoms with Crippen LogP contribution in [-0.4, -0.2) is 9.91 Å². The van der Waals surface area contributed by atoms with E-state index in [2.05, 4.69) is 10.3 Å². The van der Waals surface area contributed by atoms with Crippen LogP contribution >= 0.6 is 0 Å². The molecule has 2 rings (SSSR count). The van der Waals surface area contributed by atoms with Crippen molar-refractivity contribution in [2.75, 3.05) is 11.1 Å². The van der Waals surface area contributed by atoms with Crippen molar-refractivity contribution in [3.8, 4) is 0 Å². The molecule has 0 bridgehead atoms. The van der Waals surface area contributed by atoms with Crippen LogP contribution in [0.3, 0.4) is 0 Å². The van der Waals surface area contributed by atoms with Crippen LogP contribution in [0, 0.1) is 24.0 Å². The van der Waals surface area contributed by atoms with Crippen LogP contribution in [0.5, 0.6) is 0 Å². The van der Waals surface area contributed by atoms with Crippen LogP contribution < -0.4 is 11.1 Å². The Morgan fingerprint density at radius 2 is 1.84 bits per heavy atom.